The zero-order valence-corrected chi connectivity index (χ0v) is 13.3. The van der Waals surface area contributed by atoms with Gasteiger partial charge in [-0.15, -0.1) is 0 Å². The summed E-state index contributed by atoms with van der Waals surface area (Å²) in [5, 5.41) is 0.380. The van der Waals surface area contributed by atoms with Gasteiger partial charge in [-0.2, -0.15) is 4.31 Å². The number of aryl methyl sites for hydroxylation is 1. The summed E-state index contributed by atoms with van der Waals surface area (Å²) in [5.41, 5.74) is 7.49. The molecule has 0 aliphatic carbocycles. The standard InChI is InChI=1S/C14H16ClN3O2S/c1-10-7-12(8-13(16)14(10)15)21(19,20)18(2)9-11-3-5-17-6-4-11/h3-8H,9,16H2,1-2H3. The van der Waals surface area contributed by atoms with Crippen LogP contribution in [-0.4, -0.2) is 24.8 Å². The Morgan fingerprint density at radius 1 is 1.29 bits per heavy atom. The highest BCUT2D eigenvalue weighted by atomic mass is 35.5. The summed E-state index contributed by atoms with van der Waals surface area (Å²) in [5.74, 6) is 0. The van der Waals surface area contributed by atoms with Gasteiger partial charge in [-0.25, -0.2) is 8.42 Å². The zero-order valence-electron chi connectivity index (χ0n) is 11.7. The second-order valence-electron chi connectivity index (χ2n) is 4.76. The molecule has 0 fully saturated rings. The Bertz CT molecular complexity index is 725. The van der Waals surface area contributed by atoms with E-state index in [-0.39, 0.29) is 17.1 Å². The van der Waals surface area contributed by atoms with Gasteiger partial charge in [0.1, 0.15) is 0 Å². The number of rotatable bonds is 4. The molecule has 7 heteroatoms. The van der Waals surface area contributed by atoms with Crippen molar-refractivity contribution in [3.8, 4) is 0 Å². The number of aromatic nitrogens is 1. The molecule has 2 rings (SSSR count). The average molecular weight is 326 g/mol. The van der Waals surface area contributed by atoms with Crippen LogP contribution in [0.25, 0.3) is 0 Å². The third kappa shape index (κ3) is 3.34. The quantitative estimate of drug-likeness (QED) is 0.876. The van der Waals surface area contributed by atoms with Crippen LogP contribution in [0, 0.1) is 6.92 Å². The molecule has 0 aliphatic heterocycles. The minimum Gasteiger partial charge on any atom is -0.397 e. The van der Waals surface area contributed by atoms with Crippen LogP contribution in [0.2, 0.25) is 5.02 Å². The predicted molar refractivity (Wildman–Crippen MR) is 83.5 cm³/mol. The molecule has 0 saturated carbocycles. The fraction of sp³-hybridized carbons (Fsp3) is 0.214. The summed E-state index contributed by atoms with van der Waals surface area (Å²) in [4.78, 5) is 4.04. The number of nitrogens with two attached hydrogens (primary N) is 1. The smallest absolute Gasteiger partial charge is 0.243 e. The fourth-order valence-electron chi connectivity index (χ4n) is 1.92. The Morgan fingerprint density at radius 3 is 2.48 bits per heavy atom. The lowest BCUT2D eigenvalue weighted by Crippen LogP contribution is -2.26. The van der Waals surface area contributed by atoms with Gasteiger partial charge in [0.25, 0.3) is 0 Å². The van der Waals surface area contributed by atoms with E-state index in [0.29, 0.717) is 10.6 Å². The number of benzene rings is 1. The Labute approximate surface area is 129 Å². The molecule has 5 nitrogen and oxygen atoms in total. The Kier molecular flexibility index (Phi) is 4.51. The first-order valence-corrected chi connectivity index (χ1v) is 8.05. The van der Waals surface area contributed by atoms with E-state index in [1.807, 2.05) is 0 Å². The van der Waals surface area contributed by atoms with E-state index in [1.54, 1.807) is 31.5 Å². The maximum atomic E-state index is 12.6. The molecule has 2 aromatic rings. The van der Waals surface area contributed by atoms with Crippen LogP contribution < -0.4 is 5.73 Å². The van der Waals surface area contributed by atoms with Crippen LogP contribution >= 0.6 is 11.6 Å². The van der Waals surface area contributed by atoms with Gasteiger partial charge in [-0.1, -0.05) is 11.6 Å². The van der Waals surface area contributed by atoms with Gasteiger partial charge in [0.15, 0.2) is 0 Å². The first kappa shape index (κ1) is 15.8. The number of pyridine rings is 1. The number of nitrogen functional groups attached to an aromatic ring is 1. The number of halogens is 1. The van der Waals surface area contributed by atoms with E-state index in [9.17, 15) is 8.42 Å². The third-order valence-electron chi connectivity index (χ3n) is 3.12. The van der Waals surface area contributed by atoms with Crippen molar-refractivity contribution in [2.75, 3.05) is 12.8 Å². The molecule has 21 heavy (non-hydrogen) atoms. The highest BCUT2D eigenvalue weighted by Gasteiger charge is 2.22. The second kappa shape index (κ2) is 6.01. The van der Waals surface area contributed by atoms with Crippen LogP contribution in [-0.2, 0) is 16.6 Å². The van der Waals surface area contributed by atoms with E-state index in [2.05, 4.69) is 4.98 Å². The summed E-state index contributed by atoms with van der Waals surface area (Å²) in [7, 11) is -2.10. The van der Waals surface area contributed by atoms with Crippen molar-refractivity contribution >= 4 is 27.3 Å². The second-order valence-corrected chi connectivity index (χ2v) is 7.18. The molecule has 1 heterocycles. The van der Waals surface area contributed by atoms with Gasteiger partial charge in [-0.05, 0) is 42.3 Å². The lowest BCUT2D eigenvalue weighted by molar-refractivity contribution is 0.466. The van der Waals surface area contributed by atoms with Crippen molar-refractivity contribution in [1.29, 1.82) is 0 Å². The molecule has 112 valence electrons. The summed E-state index contributed by atoms with van der Waals surface area (Å²) in [6.07, 6.45) is 3.25. The van der Waals surface area contributed by atoms with Gasteiger partial charge < -0.3 is 5.73 Å². The van der Waals surface area contributed by atoms with Crippen LogP contribution in [0.15, 0.2) is 41.6 Å². The third-order valence-corrected chi connectivity index (χ3v) is 5.42. The average Bonchev–Trinajstić information content (AvgIpc) is 2.45. The lowest BCUT2D eigenvalue weighted by atomic mass is 10.2. The Hall–Kier alpha value is -1.63. The van der Waals surface area contributed by atoms with Crippen LogP contribution in [0.1, 0.15) is 11.1 Å². The van der Waals surface area contributed by atoms with Gasteiger partial charge in [0.2, 0.25) is 10.0 Å². The summed E-state index contributed by atoms with van der Waals surface area (Å²) >= 11 is 5.97. The van der Waals surface area contributed by atoms with Crippen molar-refractivity contribution in [2.45, 2.75) is 18.4 Å². The molecule has 0 unspecified atom stereocenters. The molecule has 0 atom stereocenters. The number of hydrogen-bond donors (Lipinski definition) is 1. The van der Waals surface area contributed by atoms with E-state index < -0.39 is 10.0 Å². The highest BCUT2D eigenvalue weighted by Crippen LogP contribution is 2.28. The van der Waals surface area contributed by atoms with Crippen molar-refractivity contribution in [3.63, 3.8) is 0 Å². The van der Waals surface area contributed by atoms with Gasteiger partial charge in [0, 0.05) is 26.0 Å². The minimum atomic E-state index is -3.62. The van der Waals surface area contributed by atoms with Crippen molar-refractivity contribution in [3.05, 3.63) is 52.8 Å². The molecule has 1 aromatic carbocycles. The molecular formula is C14H16ClN3O2S. The molecule has 0 bridgehead atoms. The zero-order chi connectivity index (χ0) is 15.6. The molecule has 0 spiro atoms. The molecular weight excluding hydrogens is 310 g/mol. The number of hydrogen-bond acceptors (Lipinski definition) is 4. The molecule has 0 saturated heterocycles. The SMILES string of the molecule is Cc1cc(S(=O)(=O)N(C)Cc2ccncc2)cc(N)c1Cl. The van der Waals surface area contributed by atoms with Crippen LogP contribution in [0.3, 0.4) is 0 Å². The van der Waals surface area contributed by atoms with E-state index in [1.165, 1.54) is 23.5 Å². The Balaban J connectivity index is 2.33. The number of nitrogens with zero attached hydrogens (tertiary/aromatic N) is 2. The summed E-state index contributed by atoms with van der Waals surface area (Å²) in [6, 6.07) is 6.45. The van der Waals surface area contributed by atoms with Crippen molar-refractivity contribution < 1.29 is 8.42 Å². The molecule has 0 aliphatic rings. The fourth-order valence-corrected chi connectivity index (χ4v) is 3.31. The summed E-state index contributed by atoms with van der Waals surface area (Å²) in [6.45, 7) is 1.98. The van der Waals surface area contributed by atoms with Crippen molar-refractivity contribution in [1.82, 2.24) is 9.29 Å². The van der Waals surface area contributed by atoms with E-state index >= 15 is 0 Å². The maximum Gasteiger partial charge on any atom is 0.243 e. The normalized spacial score (nSPS) is 11.8. The van der Waals surface area contributed by atoms with Crippen molar-refractivity contribution in [2.24, 2.45) is 0 Å². The largest absolute Gasteiger partial charge is 0.397 e. The molecule has 0 radical (unpaired) electrons. The van der Waals surface area contributed by atoms with E-state index in [4.69, 9.17) is 17.3 Å². The number of anilines is 1. The molecule has 0 amide bonds. The maximum absolute atomic E-state index is 12.6. The van der Waals surface area contributed by atoms with Gasteiger partial charge >= 0.3 is 0 Å². The highest BCUT2D eigenvalue weighted by molar-refractivity contribution is 7.89. The first-order valence-electron chi connectivity index (χ1n) is 6.23. The topological polar surface area (TPSA) is 76.3 Å². The van der Waals surface area contributed by atoms with Crippen LogP contribution in [0.5, 0.6) is 0 Å². The lowest BCUT2D eigenvalue weighted by Gasteiger charge is -2.18. The monoisotopic (exact) mass is 325 g/mol. The minimum absolute atomic E-state index is 0.137. The number of sulfonamides is 1. The van der Waals surface area contributed by atoms with E-state index in [0.717, 1.165) is 5.56 Å². The first-order chi connectivity index (χ1) is 9.82. The Morgan fingerprint density at radius 2 is 1.90 bits per heavy atom. The molecule has 2 N–H and O–H groups in total. The van der Waals surface area contributed by atoms with Gasteiger partial charge in [-0.3, -0.25) is 4.98 Å². The predicted octanol–water partition coefficient (Wildman–Crippen LogP) is 2.45. The molecule has 1 aromatic heterocycles. The van der Waals surface area contributed by atoms with Crippen LogP contribution in [0.4, 0.5) is 5.69 Å². The summed E-state index contributed by atoms with van der Waals surface area (Å²) < 4.78 is 26.4. The van der Waals surface area contributed by atoms with Gasteiger partial charge in [0.05, 0.1) is 15.6 Å².